The number of carbonyl (C=O) groups excluding carboxylic acids is 1. The SMILES string of the molecule is Cc1ccc2ccc(C)c(C3(F)C(=O)N(C)NC(F)(F)C3(O)F)c2c1. The molecular formula is C17H16F4N2O2. The summed E-state index contributed by atoms with van der Waals surface area (Å²) in [6.07, 6.45) is 0. The van der Waals surface area contributed by atoms with E-state index in [-0.39, 0.29) is 16.0 Å². The van der Waals surface area contributed by atoms with Crippen LogP contribution in [-0.4, -0.2) is 35.0 Å². The van der Waals surface area contributed by atoms with Gasteiger partial charge in [-0.05, 0) is 30.2 Å². The van der Waals surface area contributed by atoms with Crippen LogP contribution in [0.15, 0.2) is 30.3 Å². The molecular weight excluding hydrogens is 340 g/mol. The van der Waals surface area contributed by atoms with Crippen molar-refractivity contribution >= 4 is 16.7 Å². The van der Waals surface area contributed by atoms with E-state index in [9.17, 15) is 23.1 Å². The molecule has 0 spiro atoms. The van der Waals surface area contributed by atoms with Crippen LogP contribution >= 0.6 is 0 Å². The highest BCUT2D eigenvalue weighted by Gasteiger charge is 2.77. The van der Waals surface area contributed by atoms with Crippen LogP contribution in [-0.2, 0) is 10.5 Å². The molecule has 0 aliphatic carbocycles. The fourth-order valence-corrected chi connectivity index (χ4v) is 3.20. The summed E-state index contributed by atoms with van der Waals surface area (Å²) in [5, 5.41) is 10.5. The molecule has 3 rings (SSSR count). The zero-order valence-electron chi connectivity index (χ0n) is 13.7. The van der Waals surface area contributed by atoms with Crippen LogP contribution in [0.4, 0.5) is 17.6 Å². The van der Waals surface area contributed by atoms with E-state index in [4.69, 9.17) is 0 Å². The molecule has 25 heavy (non-hydrogen) atoms. The number of aryl methyl sites for hydroxylation is 2. The predicted octanol–water partition coefficient (Wildman–Crippen LogP) is 2.85. The maximum atomic E-state index is 15.8. The van der Waals surface area contributed by atoms with Gasteiger partial charge in [-0.15, -0.1) is 0 Å². The molecule has 1 saturated heterocycles. The molecule has 0 aromatic heterocycles. The number of rotatable bonds is 1. The average Bonchev–Trinajstić information content (AvgIpc) is 2.51. The first kappa shape index (κ1) is 17.6. The lowest BCUT2D eigenvalue weighted by Crippen LogP contribution is -2.76. The van der Waals surface area contributed by atoms with E-state index < -0.39 is 29.0 Å². The van der Waals surface area contributed by atoms with Gasteiger partial charge in [-0.1, -0.05) is 35.9 Å². The Morgan fingerprint density at radius 2 is 1.68 bits per heavy atom. The summed E-state index contributed by atoms with van der Waals surface area (Å²) in [5.41, 5.74) is -2.70. The molecule has 1 amide bonds. The second-order valence-corrected chi connectivity index (χ2v) is 6.31. The maximum absolute atomic E-state index is 15.8. The minimum Gasteiger partial charge on any atom is -0.353 e. The van der Waals surface area contributed by atoms with E-state index in [1.807, 2.05) is 0 Å². The minimum atomic E-state index is -4.79. The van der Waals surface area contributed by atoms with E-state index in [0.717, 1.165) is 7.05 Å². The molecule has 134 valence electrons. The molecule has 1 aliphatic heterocycles. The van der Waals surface area contributed by atoms with Gasteiger partial charge >= 0.3 is 11.9 Å². The Balaban J connectivity index is 2.44. The lowest BCUT2D eigenvalue weighted by atomic mass is 9.79. The number of likely N-dealkylation sites (N-methyl/N-ethyl adjacent to an activating group) is 1. The van der Waals surface area contributed by atoms with E-state index in [1.54, 1.807) is 25.1 Å². The first-order valence-electron chi connectivity index (χ1n) is 7.48. The van der Waals surface area contributed by atoms with Gasteiger partial charge in [0.05, 0.1) is 0 Å². The Morgan fingerprint density at radius 1 is 1.08 bits per heavy atom. The summed E-state index contributed by atoms with van der Waals surface area (Å²) in [7, 11) is 0.839. The molecule has 2 unspecified atom stereocenters. The van der Waals surface area contributed by atoms with Crippen molar-refractivity contribution in [1.82, 2.24) is 10.4 Å². The zero-order chi connectivity index (χ0) is 18.8. The van der Waals surface area contributed by atoms with Gasteiger partial charge in [-0.3, -0.25) is 9.80 Å². The van der Waals surface area contributed by atoms with Gasteiger partial charge in [-0.2, -0.15) is 18.6 Å². The number of halogens is 4. The van der Waals surface area contributed by atoms with Crippen LogP contribution in [0.3, 0.4) is 0 Å². The Labute approximate surface area is 141 Å². The Morgan fingerprint density at radius 3 is 2.32 bits per heavy atom. The lowest BCUT2D eigenvalue weighted by molar-refractivity contribution is -0.349. The Hall–Kier alpha value is -2.19. The number of carbonyl (C=O) groups is 1. The molecule has 4 nitrogen and oxygen atoms in total. The van der Waals surface area contributed by atoms with Crippen molar-refractivity contribution in [3.63, 3.8) is 0 Å². The van der Waals surface area contributed by atoms with Crippen LogP contribution in [0.25, 0.3) is 10.8 Å². The number of benzene rings is 2. The molecule has 2 aromatic carbocycles. The van der Waals surface area contributed by atoms with Gasteiger partial charge in [0, 0.05) is 12.6 Å². The predicted molar refractivity (Wildman–Crippen MR) is 83.1 cm³/mol. The Bertz CT molecular complexity index is 879. The summed E-state index contributed by atoms with van der Waals surface area (Å²) in [6, 6.07) is 3.03. The van der Waals surface area contributed by atoms with Crippen molar-refractivity contribution < 1.29 is 27.5 Å². The molecule has 1 fully saturated rings. The van der Waals surface area contributed by atoms with E-state index in [2.05, 4.69) is 0 Å². The van der Waals surface area contributed by atoms with E-state index in [1.165, 1.54) is 24.5 Å². The number of alkyl halides is 4. The second kappa shape index (κ2) is 5.15. The molecule has 2 atom stereocenters. The highest BCUT2D eigenvalue weighted by atomic mass is 19.3. The van der Waals surface area contributed by atoms with Crippen LogP contribution in [0.2, 0.25) is 0 Å². The number of fused-ring (bicyclic) bond motifs is 1. The summed E-state index contributed by atoms with van der Waals surface area (Å²) >= 11 is 0. The normalized spacial score (nSPS) is 29.3. The first-order chi connectivity index (χ1) is 11.4. The van der Waals surface area contributed by atoms with Gasteiger partial charge in [0.15, 0.2) is 0 Å². The van der Waals surface area contributed by atoms with Crippen molar-refractivity contribution in [2.24, 2.45) is 0 Å². The molecule has 0 saturated carbocycles. The number of amides is 1. The van der Waals surface area contributed by atoms with Gasteiger partial charge in [0.1, 0.15) is 0 Å². The topological polar surface area (TPSA) is 52.6 Å². The average molecular weight is 356 g/mol. The van der Waals surface area contributed by atoms with Crippen LogP contribution in [0.5, 0.6) is 0 Å². The minimum absolute atomic E-state index is 0.0659. The first-order valence-corrected chi connectivity index (χ1v) is 7.48. The molecule has 1 aliphatic rings. The van der Waals surface area contributed by atoms with Crippen LogP contribution < -0.4 is 5.43 Å². The summed E-state index contributed by atoms with van der Waals surface area (Å²) in [5.74, 6) is -6.44. The smallest absolute Gasteiger partial charge is 0.353 e. The third-order valence-electron chi connectivity index (χ3n) is 4.51. The molecule has 0 radical (unpaired) electrons. The lowest BCUT2D eigenvalue weighted by Gasteiger charge is -2.46. The number of hydrazine groups is 1. The number of hydrogen-bond donors (Lipinski definition) is 2. The molecule has 2 aromatic rings. The highest BCUT2D eigenvalue weighted by molar-refractivity contribution is 5.97. The standard InChI is InChI=1S/C17H16F4N2O2/c1-9-4-6-11-7-5-10(2)13(12(11)8-9)15(18)14(24)23(3)22-17(20,21)16(15,19)25/h4-8,22,25H,1-3H3. The highest BCUT2D eigenvalue weighted by Crippen LogP contribution is 2.52. The fourth-order valence-electron chi connectivity index (χ4n) is 3.20. The van der Waals surface area contributed by atoms with Gasteiger partial charge in [0.25, 0.3) is 11.6 Å². The number of nitrogens with one attached hydrogen (secondary N) is 1. The number of nitrogens with zero attached hydrogens (tertiary/aromatic N) is 1. The largest absolute Gasteiger partial charge is 0.380 e. The van der Waals surface area contributed by atoms with Crippen molar-refractivity contribution in [3.05, 3.63) is 47.0 Å². The zero-order valence-corrected chi connectivity index (χ0v) is 13.7. The second-order valence-electron chi connectivity index (χ2n) is 6.31. The summed E-state index contributed by atoms with van der Waals surface area (Å²) in [4.78, 5) is 12.4. The molecule has 1 heterocycles. The fraction of sp³-hybridized carbons (Fsp3) is 0.353. The van der Waals surface area contributed by atoms with Crippen LogP contribution in [0.1, 0.15) is 16.7 Å². The molecule has 0 bridgehead atoms. The molecule has 8 heteroatoms. The third kappa shape index (κ3) is 2.17. The van der Waals surface area contributed by atoms with Gasteiger partial charge in [-0.25, -0.2) is 4.39 Å². The van der Waals surface area contributed by atoms with E-state index in [0.29, 0.717) is 10.9 Å². The van der Waals surface area contributed by atoms with Gasteiger partial charge in [0.2, 0.25) is 0 Å². The van der Waals surface area contributed by atoms with Crippen molar-refractivity contribution in [2.75, 3.05) is 7.05 Å². The van der Waals surface area contributed by atoms with Crippen molar-refractivity contribution in [2.45, 2.75) is 31.4 Å². The molecule has 2 N–H and O–H groups in total. The van der Waals surface area contributed by atoms with Crippen molar-refractivity contribution in [3.8, 4) is 0 Å². The maximum Gasteiger partial charge on any atom is 0.380 e. The summed E-state index contributed by atoms with van der Waals surface area (Å²) in [6.45, 7) is 3.05. The quantitative estimate of drug-likeness (QED) is 0.610. The monoisotopic (exact) mass is 356 g/mol. The number of hydrogen-bond acceptors (Lipinski definition) is 3. The van der Waals surface area contributed by atoms with Crippen LogP contribution in [0, 0.1) is 13.8 Å². The number of aliphatic hydroxyl groups is 1. The van der Waals surface area contributed by atoms with Crippen molar-refractivity contribution in [1.29, 1.82) is 0 Å². The van der Waals surface area contributed by atoms with Gasteiger partial charge < -0.3 is 5.11 Å². The van der Waals surface area contributed by atoms with E-state index >= 15 is 4.39 Å². The third-order valence-corrected chi connectivity index (χ3v) is 4.51. The summed E-state index contributed by atoms with van der Waals surface area (Å²) < 4.78 is 58.6. The Kier molecular flexibility index (Phi) is 3.63.